The topological polar surface area (TPSA) is 38.3 Å². The predicted molar refractivity (Wildman–Crippen MR) is 100 cm³/mol. The van der Waals surface area contributed by atoms with Crippen LogP contribution in [0.4, 0.5) is 8.78 Å². The Morgan fingerprint density at radius 2 is 1.74 bits per heavy atom. The van der Waals surface area contributed by atoms with E-state index in [1.807, 2.05) is 6.92 Å². The van der Waals surface area contributed by atoms with Crippen molar-refractivity contribution in [2.45, 2.75) is 50.9 Å². The van der Waals surface area contributed by atoms with E-state index in [1.54, 1.807) is 25.1 Å². The van der Waals surface area contributed by atoms with Crippen LogP contribution in [0.2, 0.25) is 5.02 Å². The molecule has 1 heterocycles. The number of nitrogens with one attached hydrogen (secondary N) is 1. The fourth-order valence-corrected chi connectivity index (χ4v) is 3.62. The first-order valence-corrected chi connectivity index (χ1v) is 9.34. The third-order valence-corrected chi connectivity index (χ3v) is 5.23. The molecule has 0 spiro atoms. The van der Waals surface area contributed by atoms with Crippen molar-refractivity contribution < 1.29 is 18.3 Å². The quantitative estimate of drug-likeness (QED) is 0.745. The zero-order chi connectivity index (χ0) is 19.6. The number of halogens is 3. The van der Waals surface area contributed by atoms with E-state index >= 15 is 0 Å². The molecule has 3 nitrogen and oxygen atoms in total. The molecule has 144 valence electrons. The van der Waals surface area contributed by atoms with Crippen LogP contribution in [-0.4, -0.2) is 11.4 Å². The second-order valence-electron chi connectivity index (χ2n) is 7.21. The van der Waals surface area contributed by atoms with Gasteiger partial charge in [-0.3, -0.25) is 4.79 Å². The highest BCUT2D eigenvalue weighted by Crippen LogP contribution is 2.44. The van der Waals surface area contributed by atoms with E-state index in [-0.39, 0.29) is 22.9 Å². The summed E-state index contributed by atoms with van der Waals surface area (Å²) in [5, 5.41) is 3.12. The number of amides is 1. The summed E-state index contributed by atoms with van der Waals surface area (Å²) in [5.74, 6) is -0.896. The normalized spacial score (nSPS) is 25.2. The lowest BCUT2D eigenvalue weighted by molar-refractivity contribution is -0.128. The fraction of sp³-hybridized carbons (Fsp3) is 0.381. The Hall–Kier alpha value is -1.98. The molecule has 27 heavy (non-hydrogen) atoms. The van der Waals surface area contributed by atoms with E-state index in [0.717, 1.165) is 5.56 Å². The van der Waals surface area contributed by atoms with E-state index in [9.17, 15) is 13.6 Å². The van der Waals surface area contributed by atoms with Crippen LogP contribution in [0, 0.1) is 11.6 Å². The van der Waals surface area contributed by atoms with Crippen molar-refractivity contribution >= 4 is 17.5 Å². The van der Waals surface area contributed by atoms with Gasteiger partial charge < -0.3 is 10.1 Å². The third-order valence-electron chi connectivity index (χ3n) is 4.92. The van der Waals surface area contributed by atoms with Crippen LogP contribution in [0.5, 0.6) is 0 Å². The second-order valence-corrected chi connectivity index (χ2v) is 7.62. The molecule has 1 amide bonds. The van der Waals surface area contributed by atoms with Crippen molar-refractivity contribution in [1.82, 2.24) is 5.32 Å². The molecule has 3 rings (SSSR count). The van der Waals surface area contributed by atoms with Crippen molar-refractivity contribution in [1.29, 1.82) is 0 Å². The maximum Gasteiger partial charge on any atom is 0.220 e. The Bertz CT molecular complexity index is 827. The van der Waals surface area contributed by atoms with Crippen molar-refractivity contribution in [2.24, 2.45) is 0 Å². The first kappa shape index (κ1) is 19.8. The van der Waals surface area contributed by atoms with Gasteiger partial charge in [0.1, 0.15) is 11.6 Å². The van der Waals surface area contributed by atoms with E-state index in [1.165, 1.54) is 24.3 Å². The van der Waals surface area contributed by atoms with Crippen LogP contribution in [0.1, 0.15) is 56.4 Å². The summed E-state index contributed by atoms with van der Waals surface area (Å²) in [6.45, 7) is 3.75. The second kappa shape index (κ2) is 7.95. The highest BCUT2D eigenvalue weighted by molar-refractivity contribution is 6.30. The minimum Gasteiger partial charge on any atom is -0.365 e. The van der Waals surface area contributed by atoms with Crippen LogP contribution >= 0.6 is 11.6 Å². The lowest BCUT2D eigenvalue weighted by Gasteiger charge is -2.43. The molecule has 2 aromatic rings. The molecule has 1 N–H and O–H groups in total. The lowest BCUT2D eigenvalue weighted by atomic mass is 9.81. The number of carbonyl (C=O) groups is 1. The molecular weight excluding hydrogens is 372 g/mol. The minimum atomic E-state index is -0.537. The average molecular weight is 394 g/mol. The zero-order valence-electron chi connectivity index (χ0n) is 15.3. The minimum absolute atomic E-state index is 0.0479. The van der Waals surface area contributed by atoms with Crippen molar-refractivity contribution in [3.63, 3.8) is 0 Å². The molecule has 0 unspecified atom stereocenters. The van der Waals surface area contributed by atoms with Crippen LogP contribution in [0.15, 0.2) is 42.5 Å². The van der Waals surface area contributed by atoms with Gasteiger partial charge in [-0.2, -0.15) is 0 Å². The van der Waals surface area contributed by atoms with Gasteiger partial charge in [-0.1, -0.05) is 36.7 Å². The predicted octanol–water partition coefficient (Wildman–Crippen LogP) is 5.50. The standard InChI is InChI=1S/C21H22ClF2NO2/c1-3-20(26)25-21(2)11-18(13-4-7-15(23)8-5-13)27-19(12-21)14-6-9-16(22)17(24)10-14/h4-10,18-19H,3,11-12H2,1-2H3,(H,25,26)/t18-,19+,21+/m0/s1. The van der Waals surface area contributed by atoms with Crippen LogP contribution < -0.4 is 5.32 Å². The monoisotopic (exact) mass is 393 g/mol. The first-order chi connectivity index (χ1) is 12.8. The molecule has 0 aromatic heterocycles. The summed E-state index contributed by atoms with van der Waals surface area (Å²) >= 11 is 5.79. The van der Waals surface area contributed by atoms with Gasteiger partial charge >= 0.3 is 0 Å². The molecule has 3 atom stereocenters. The van der Waals surface area contributed by atoms with Gasteiger partial charge in [0.05, 0.1) is 17.2 Å². The summed E-state index contributed by atoms with van der Waals surface area (Å²) in [6, 6.07) is 10.7. The summed E-state index contributed by atoms with van der Waals surface area (Å²) in [6.07, 6.45) is 0.625. The summed E-state index contributed by atoms with van der Waals surface area (Å²) in [7, 11) is 0. The van der Waals surface area contributed by atoms with Gasteiger partial charge in [0.15, 0.2) is 0 Å². The molecule has 1 fully saturated rings. The average Bonchev–Trinajstić information content (AvgIpc) is 2.63. The zero-order valence-corrected chi connectivity index (χ0v) is 16.0. The summed E-state index contributed by atoms with van der Waals surface area (Å²) < 4.78 is 33.5. The Morgan fingerprint density at radius 1 is 1.15 bits per heavy atom. The van der Waals surface area contributed by atoms with E-state index in [4.69, 9.17) is 16.3 Å². The summed E-state index contributed by atoms with van der Waals surface area (Å²) in [4.78, 5) is 12.0. The molecule has 6 heteroatoms. The number of hydrogen-bond acceptors (Lipinski definition) is 2. The van der Waals surface area contributed by atoms with Gasteiger partial charge in [0, 0.05) is 24.8 Å². The maximum absolute atomic E-state index is 14.0. The van der Waals surface area contributed by atoms with Crippen LogP contribution in [0.3, 0.4) is 0 Å². The van der Waals surface area contributed by atoms with Crippen molar-refractivity contribution in [3.05, 3.63) is 70.2 Å². The van der Waals surface area contributed by atoms with Gasteiger partial charge in [-0.05, 0) is 42.3 Å². The SMILES string of the molecule is CCC(=O)N[C@]1(C)C[C@@H](c2ccc(F)cc2)O[C@@H](c2ccc(Cl)c(F)c2)C1. The molecule has 0 radical (unpaired) electrons. The molecule has 0 saturated carbocycles. The Morgan fingerprint density at radius 3 is 2.33 bits per heavy atom. The number of benzene rings is 2. The Kier molecular flexibility index (Phi) is 5.82. The number of carbonyl (C=O) groups excluding carboxylic acids is 1. The number of ether oxygens (including phenoxy) is 1. The largest absolute Gasteiger partial charge is 0.365 e. The first-order valence-electron chi connectivity index (χ1n) is 8.96. The maximum atomic E-state index is 14.0. The Labute approximate surface area is 162 Å². The van der Waals surface area contributed by atoms with E-state index < -0.39 is 17.5 Å². The fourth-order valence-electron chi connectivity index (χ4n) is 3.51. The van der Waals surface area contributed by atoms with Crippen molar-refractivity contribution in [3.8, 4) is 0 Å². The third kappa shape index (κ3) is 4.66. The molecule has 2 aromatic carbocycles. The van der Waals surface area contributed by atoms with Gasteiger partial charge in [-0.25, -0.2) is 8.78 Å². The van der Waals surface area contributed by atoms with Crippen molar-refractivity contribution in [2.75, 3.05) is 0 Å². The highest BCUT2D eigenvalue weighted by Gasteiger charge is 2.40. The lowest BCUT2D eigenvalue weighted by Crippen LogP contribution is -2.50. The van der Waals surface area contributed by atoms with Gasteiger partial charge in [-0.15, -0.1) is 0 Å². The summed E-state index contributed by atoms with van der Waals surface area (Å²) in [5.41, 5.74) is 0.929. The van der Waals surface area contributed by atoms with Crippen LogP contribution in [-0.2, 0) is 9.53 Å². The van der Waals surface area contributed by atoms with Crippen LogP contribution in [0.25, 0.3) is 0 Å². The molecule has 1 aliphatic heterocycles. The number of hydrogen-bond donors (Lipinski definition) is 1. The molecule has 0 bridgehead atoms. The number of rotatable bonds is 4. The molecule has 1 aliphatic rings. The highest BCUT2D eigenvalue weighted by atomic mass is 35.5. The van der Waals surface area contributed by atoms with E-state index in [0.29, 0.717) is 24.8 Å². The van der Waals surface area contributed by atoms with Gasteiger partial charge in [0.25, 0.3) is 0 Å². The molecule has 1 saturated heterocycles. The van der Waals surface area contributed by atoms with E-state index in [2.05, 4.69) is 5.32 Å². The molecule has 0 aliphatic carbocycles. The Balaban J connectivity index is 1.93. The van der Waals surface area contributed by atoms with Gasteiger partial charge in [0.2, 0.25) is 5.91 Å². The molecular formula is C21H22ClF2NO2. The smallest absolute Gasteiger partial charge is 0.220 e.